The second kappa shape index (κ2) is 3.42. The van der Waals surface area contributed by atoms with Crippen molar-refractivity contribution in [3.8, 4) is 0 Å². The van der Waals surface area contributed by atoms with Crippen LogP contribution in [0.2, 0.25) is 5.02 Å². The number of H-pyrrole nitrogens is 1. The zero-order valence-electron chi connectivity index (χ0n) is 8.13. The van der Waals surface area contributed by atoms with Crippen molar-refractivity contribution in [1.29, 1.82) is 0 Å². The molecule has 1 fully saturated rings. The molecule has 0 bridgehead atoms. The third kappa shape index (κ3) is 1.37. The van der Waals surface area contributed by atoms with Crippen LogP contribution in [0, 0.1) is 0 Å². The van der Waals surface area contributed by atoms with Crippen LogP contribution in [0.15, 0.2) is 17.2 Å². The molecule has 4 heteroatoms. The smallest absolute Gasteiger partial charge is 0.0676 e. The lowest BCUT2D eigenvalue weighted by Gasteiger charge is -2.28. The lowest BCUT2D eigenvalue weighted by atomic mass is 9.79. The molecule has 1 aromatic heterocycles. The van der Waals surface area contributed by atoms with Gasteiger partial charge in [-0.05, 0) is 30.4 Å². The summed E-state index contributed by atoms with van der Waals surface area (Å²) in [4.78, 5) is 0.996. The van der Waals surface area contributed by atoms with Crippen LogP contribution in [-0.2, 0) is 0 Å². The Kier molecular flexibility index (Phi) is 2.18. The molecule has 1 aliphatic rings. The molecule has 0 spiro atoms. The van der Waals surface area contributed by atoms with E-state index >= 15 is 0 Å². The molecule has 0 radical (unpaired) electrons. The minimum absolute atomic E-state index is 0.601. The molecule has 1 saturated carbocycles. The van der Waals surface area contributed by atoms with Crippen LogP contribution < -0.4 is 0 Å². The number of hydrogen-bond donors (Lipinski definition) is 2. The van der Waals surface area contributed by atoms with E-state index in [1.165, 1.54) is 24.8 Å². The molecule has 0 atom stereocenters. The minimum atomic E-state index is 0.601. The van der Waals surface area contributed by atoms with E-state index in [1.54, 1.807) is 0 Å². The Morgan fingerprint density at radius 2 is 2.27 bits per heavy atom. The fourth-order valence-corrected chi connectivity index (χ4v) is 3.05. The van der Waals surface area contributed by atoms with Gasteiger partial charge in [0.05, 0.1) is 11.7 Å². The number of aromatic nitrogens is 2. The van der Waals surface area contributed by atoms with Crippen molar-refractivity contribution < 1.29 is 0 Å². The summed E-state index contributed by atoms with van der Waals surface area (Å²) in [7, 11) is 0. The number of hydrogen-bond acceptors (Lipinski definition) is 2. The third-order valence-electron chi connectivity index (χ3n) is 3.22. The van der Waals surface area contributed by atoms with Crippen molar-refractivity contribution in [1.82, 2.24) is 10.2 Å². The number of nitrogens with zero attached hydrogens (tertiary/aromatic N) is 1. The quantitative estimate of drug-likeness (QED) is 0.728. The first-order valence-electron chi connectivity index (χ1n) is 5.12. The van der Waals surface area contributed by atoms with Crippen LogP contribution in [-0.4, -0.2) is 10.2 Å². The number of benzene rings is 1. The molecule has 1 N–H and O–H groups in total. The molecule has 0 aliphatic heterocycles. The van der Waals surface area contributed by atoms with Gasteiger partial charge in [0.25, 0.3) is 0 Å². The number of thiol groups is 1. The van der Waals surface area contributed by atoms with Gasteiger partial charge < -0.3 is 0 Å². The van der Waals surface area contributed by atoms with Gasteiger partial charge in [0.15, 0.2) is 0 Å². The molecule has 0 unspecified atom stereocenters. The SMILES string of the molecule is Sc1c(C2CCC2)c(Cl)cc2[nH]ncc12. The predicted octanol–water partition coefficient (Wildman–Crippen LogP) is 3.77. The highest BCUT2D eigenvalue weighted by molar-refractivity contribution is 7.80. The van der Waals surface area contributed by atoms with Crippen LogP contribution in [0.1, 0.15) is 30.7 Å². The van der Waals surface area contributed by atoms with Crippen LogP contribution >= 0.6 is 24.2 Å². The summed E-state index contributed by atoms with van der Waals surface area (Å²) in [6, 6.07) is 1.96. The second-order valence-corrected chi connectivity index (χ2v) is 4.93. The molecular formula is C11H11ClN2S. The summed E-state index contributed by atoms with van der Waals surface area (Å²) in [6.07, 6.45) is 5.58. The summed E-state index contributed by atoms with van der Waals surface area (Å²) in [5.41, 5.74) is 2.17. The average molecular weight is 239 g/mol. The number of aromatic amines is 1. The number of fused-ring (bicyclic) bond motifs is 1. The monoisotopic (exact) mass is 238 g/mol. The minimum Gasteiger partial charge on any atom is -0.278 e. The highest BCUT2D eigenvalue weighted by Crippen LogP contribution is 2.44. The van der Waals surface area contributed by atoms with E-state index in [1.807, 2.05) is 12.3 Å². The molecule has 2 nitrogen and oxygen atoms in total. The van der Waals surface area contributed by atoms with Crippen molar-refractivity contribution in [3.05, 3.63) is 22.8 Å². The molecular weight excluding hydrogens is 228 g/mol. The predicted molar refractivity (Wildman–Crippen MR) is 64.9 cm³/mol. The van der Waals surface area contributed by atoms with E-state index in [4.69, 9.17) is 11.6 Å². The summed E-state index contributed by atoms with van der Waals surface area (Å²) in [6.45, 7) is 0. The summed E-state index contributed by atoms with van der Waals surface area (Å²) < 4.78 is 0. The lowest BCUT2D eigenvalue weighted by molar-refractivity contribution is 0.415. The number of halogens is 1. The first-order valence-corrected chi connectivity index (χ1v) is 5.94. The van der Waals surface area contributed by atoms with Crippen LogP contribution in [0.25, 0.3) is 10.9 Å². The normalized spacial score (nSPS) is 16.9. The third-order valence-corrected chi connectivity index (χ3v) is 4.02. The molecule has 1 aromatic carbocycles. The van der Waals surface area contributed by atoms with E-state index in [2.05, 4.69) is 22.8 Å². The Hall–Kier alpha value is -0.670. The Balaban J connectivity index is 2.26. The van der Waals surface area contributed by atoms with Gasteiger partial charge in [-0.2, -0.15) is 5.10 Å². The van der Waals surface area contributed by atoms with Gasteiger partial charge in [-0.3, -0.25) is 5.10 Å². The lowest BCUT2D eigenvalue weighted by Crippen LogP contribution is -2.10. The van der Waals surface area contributed by atoms with Gasteiger partial charge in [0.2, 0.25) is 0 Å². The molecule has 3 rings (SSSR count). The van der Waals surface area contributed by atoms with Gasteiger partial charge >= 0.3 is 0 Å². The number of nitrogens with one attached hydrogen (secondary N) is 1. The average Bonchev–Trinajstić information content (AvgIpc) is 2.56. The number of rotatable bonds is 1. The van der Waals surface area contributed by atoms with Gasteiger partial charge in [-0.25, -0.2) is 0 Å². The van der Waals surface area contributed by atoms with Crippen LogP contribution in [0.3, 0.4) is 0 Å². The van der Waals surface area contributed by atoms with Gasteiger partial charge in [-0.1, -0.05) is 18.0 Å². The largest absolute Gasteiger partial charge is 0.278 e. The standard InChI is InChI=1S/C11H11ClN2S/c12-8-4-9-7(5-13-14-9)11(15)10(8)6-2-1-3-6/h4-6,15H,1-3H2,(H,13,14). The van der Waals surface area contributed by atoms with Crippen molar-refractivity contribution in [2.24, 2.45) is 0 Å². The summed E-state index contributed by atoms with van der Waals surface area (Å²) in [5.74, 6) is 0.601. The maximum Gasteiger partial charge on any atom is 0.0676 e. The maximum atomic E-state index is 6.28. The summed E-state index contributed by atoms with van der Waals surface area (Å²) in [5, 5.41) is 8.83. The molecule has 0 amide bonds. The van der Waals surface area contributed by atoms with Gasteiger partial charge in [0.1, 0.15) is 0 Å². The highest BCUT2D eigenvalue weighted by Gasteiger charge is 2.25. The van der Waals surface area contributed by atoms with Gasteiger partial charge in [-0.15, -0.1) is 12.6 Å². The van der Waals surface area contributed by atoms with Crippen LogP contribution in [0.5, 0.6) is 0 Å². The van der Waals surface area contributed by atoms with E-state index in [0.29, 0.717) is 5.92 Å². The van der Waals surface area contributed by atoms with E-state index in [-0.39, 0.29) is 0 Å². The van der Waals surface area contributed by atoms with Crippen molar-refractivity contribution in [3.63, 3.8) is 0 Å². The fourth-order valence-electron chi connectivity index (χ4n) is 2.14. The molecule has 78 valence electrons. The van der Waals surface area contributed by atoms with Crippen molar-refractivity contribution in [2.75, 3.05) is 0 Å². The Morgan fingerprint density at radius 3 is 2.93 bits per heavy atom. The highest BCUT2D eigenvalue weighted by atomic mass is 35.5. The van der Waals surface area contributed by atoms with E-state index < -0.39 is 0 Å². The first-order chi connectivity index (χ1) is 7.27. The second-order valence-electron chi connectivity index (χ2n) is 4.08. The Morgan fingerprint density at radius 1 is 1.47 bits per heavy atom. The fraction of sp³-hybridized carbons (Fsp3) is 0.364. The zero-order chi connectivity index (χ0) is 10.4. The molecule has 1 heterocycles. The van der Waals surface area contributed by atoms with Crippen LogP contribution in [0.4, 0.5) is 0 Å². The van der Waals surface area contributed by atoms with Gasteiger partial charge in [0, 0.05) is 15.3 Å². The van der Waals surface area contributed by atoms with E-state index in [9.17, 15) is 0 Å². The van der Waals surface area contributed by atoms with Crippen molar-refractivity contribution >= 4 is 35.1 Å². The molecule has 15 heavy (non-hydrogen) atoms. The molecule has 1 aliphatic carbocycles. The summed E-state index contributed by atoms with van der Waals surface area (Å²) >= 11 is 10.9. The zero-order valence-corrected chi connectivity index (χ0v) is 9.78. The maximum absolute atomic E-state index is 6.28. The Labute approximate surface area is 98.4 Å². The first kappa shape index (κ1) is 9.55. The Bertz CT molecular complexity index is 517. The molecule has 2 aromatic rings. The molecule has 0 saturated heterocycles. The topological polar surface area (TPSA) is 28.7 Å². The van der Waals surface area contributed by atoms with Crippen molar-refractivity contribution in [2.45, 2.75) is 30.1 Å². The van der Waals surface area contributed by atoms with E-state index in [0.717, 1.165) is 20.8 Å².